The fraction of sp³-hybridized carbons (Fsp3) is 0.167. The number of carbonyl (C=O) groups excluding carboxylic acids is 1. The molecule has 0 spiro atoms. The van der Waals surface area contributed by atoms with Crippen LogP contribution in [0.25, 0.3) is 11.3 Å². The van der Waals surface area contributed by atoms with Crippen molar-refractivity contribution < 1.29 is 18.8 Å². The van der Waals surface area contributed by atoms with E-state index in [1.54, 1.807) is 13.2 Å². The first kappa shape index (κ1) is 12.6. The second-order valence-corrected chi connectivity index (χ2v) is 4.33. The lowest BCUT2D eigenvalue weighted by molar-refractivity contribution is 0.0589. The average molecular weight is 312 g/mol. The Morgan fingerprint density at radius 1 is 1.33 bits per heavy atom. The van der Waals surface area contributed by atoms with E-state index >= 15 is 0 Å². The molecule has 0 atom stereocenters. The number of rotatable bonds is 3. The van der Waals surface area contributed by atoms with Crippen LogP contribution in [0.2, 0.25) is 0 Å². The zero-order valence-electron chi connectivity index (χ0n) is 9.77. The first-order valence-corrected chi connectivity index (χ1v) is 5.84. The molecule has 18 heavy (non-hydrogen) atoms. The molecule has 0 aliphatic carbocycles. The van der Waals surface area contributed by atoms with Gasteiger partial charge in [0.05, 0.1) is 19.8 Å². The molecular weight excluding hydrogens is 302 g/mol. The minimum atomic E-state index is -0.541. The van der Waals surface area contributed by atoms with Crippen molar-refractivity contribution >= 4 is 21.9 Å². The van der Waals surface area contributed by atoms with Gasteiger partial charge in [-0.15, -0.1) is 0 Å². The topological polar surface area (TPSA) is 61.6 Å². The normalized spacial score (nSPS) is 10.2. The molecule has 0 saturated carbocycles. The van der Waals surface area contributed by atoms with Gasteiger partial charge in [0, 0.05) is 10.5 Å². The molecule has 0 radical (unpaired) electrons. The van der Waals surface area contributed by atoms with E-state index in [-0.39, 0.29) is 5.69 Å². The number of carbonyl (C=O) groups is 1. The van der Waals surface area contributed by atoms with Gasteiger partial charge >= 0.3 is 5.97 Å². The van der Waals surface area contributed by atoms with Crippen LogP contribution in [-0.2, 0) is 4.74 Å². The smallest absolute Gasteiger partial charge is 0.360 e. The van der Waals surface area contributed by atoms with Gasteiger partial charge in [-0.3, -0.25) is 0 Å². The average Bonchev–Trinajstić information content (AvgIpc) is 2.87. The Morgan fingerprint density at radius 3 is 2.78 bits per heavy atom. The van der Waals surface area contributed by atoms with Gasteiger partial charge < -0.3 is 14.0 Å². The molecule has 0 amide bonds. The van der Waals surface area contributed by atoms with E-state index in [1.165, 1.54) is 13.2 Å². The highest BCUT2D eigenvalue weighted by Crippen LogP contribution is 2.32. The lowest BCUT2D eigenvalue weighted by Crippen LogP contribution is -2.00. The van der Waals surface area contributed by atoms with Crippen molar-refractivity contribution in [2.45, 2.75) is 0 Å². The largest absolute Gasteiger partial charge is 0.496 e. The molecule has 1 heterocycles. The van der Waals surface area contributed by atoms with Crippen LogP contribution in [0.15, 0.2) is 33.3 Å². The Hall–Kier alpha value is -1.82. The lowest BCUT2D eigenvalue weighted by atomic mass is 10.1. The number of halogens is 1. The molecule has 1 aromatic carbocycles. The van der Waals surface area contributed by atoms with E-state index in [9.17, 15) is 4.79 Å². The molecule has 5 nitrogen and oxygen atoms in total. The van der Waals surface area contributed by atoms with Crippen LogP contribution < -0.4 is 4.74 Å². The number of hydrogen-bond donors (Lipinski definition) is 0. The Bertz CT molecular complexity index is 579. The van der Waals surface area contributed by atoms with Crippen molar-refractivity contribution in [3.8, 4) is 17.1 Å². The van der Waals surface area contributed by atoms with E-state index in [1.807, 2.05) is 12.1 Å². The standard InChI is InChI=1S/C12H10BrNO4/c1-16-10-5-7(13)3-4-8(10)11-6-9(14-18-11)12(15)17-2/h3-6H,1-2H3. The SMILES string of the molecule is COC(=O)c1cc(-c2ccc(Br)cc2OC)on1. The number of methoxy groups -OCH3 is 2. The summed E-state index contributed by atoms with van der Waals surface area (Å²) >= 11 is 3.35. The second-order valence-electron chi connectivity index (χ2n) is 3.41. The van der Waals surface area contributed by atoms with Crippen LogP contribution >= 0.6 is 15.9 Å². The summed E-state index contributed by atoms with van der Waals surface area (Å²) in [6.45, 7) is 0. The Morgan fingerprint density at radius 2 is 2.11 bits per heavy atom. The molecule has 2 aromatic rings. The summed E-state index contributed by atoms with van der Waals surface area (Å²) in [5.41, 5.74) is 0.834. The highest BCUT2D eigenvalue weighted by molar-refractivity contribution is 9.10. The summed E-state index contributed by atoms with van der Waals surface area (Å²) in [7, 11) is 2.85. The molecule has 1 aromatic heterocycles. The molecule has 6 heteroatoms. The minimum Gasteiger partial charge on any atom is -0.496 e. The van der Waals surface area contributed by atoms with Crippen molar-refractivity contribution in [3.05, 3.63) is 34.4 Å². The second kappa shape index (κ2) is 5.22. The van der Waals surface area contributed by atoms with Crippen LogP contribution in [0.4, 0.5) is 0 Å². The van der Waals surface area contributed by atoms with Crippen LogP contribution in [0.1, 0.15) is 10.5 Å². The fourth-order valence-electron chi connectivity index (χ4n) is 1.47. The van der Waals surface area contributed by atoms with Gasteiger partial charge in [0.1, 0.15) is 5.75 Å². The number of benzene rings is 1. The van der Waals surface area contributed by atoms with Gasteiger partial charge in [-0.25, -0.2) is 4.79 Å². The van der Waals surface area contributed by atoms with Crippen molar-refractivity contribution in [1.29, 1.82) is 0 Å². The fourth-order valence-corrected chi connectivity index (χ4v) is 1.81. The molecule has 0 saturated heterocycles. The van der Waals surface area contributed by atoms with Crippen molar-refractivity contribution in [2.24, 2.45) is 0 Å². The van der Waals surface area contributed by atoms with Crippen molar-refractivity contribution in [2.75, 3.05) is 14.2 Å². The van der Waals surface area contributed by atoms with E-state index in [0.29, 0.717) is 17.1 Å². The molecule has 0 bridgehead atoms. The van der Waals surface area contributed by atoms with E-state index < -0.39 is 5.97 Å². The summed E-state index contributed by atoms with van der Waals surface area (Å²) in [4.78, 5) is 11.3. The molecule has 2 rings (SSSR count). The van der Waals surface area contributed by atoms with Gasteiger partial charge in [0.25, 0.3) is 0 Å². The highest BCUT2D eigenvalue weighted by Gasteiger charge is 2.16. The zero-order chi connectivity index (χ0) is 13.1. The molecule has 94 valence electrons. The first-order valence-electron chi connectivity index (χ1n) is 5.04. The summed E-state index contributed by atoms with van der Waals surface area (Å²) in [6, 6.07) is 6.97. The number of ether oxygens (including phenoxy) is 2. The number of aromatic nitrogens is 1. The first-order chi connectivity index (χ1) is 8.65. The summed E-state index contributed by atoms with van der Waals surface area (Å²) in [5.74, 6) is 0.526. The van der Waals surface area contributed by atoms with Crippen molar-refractivity contribution in [1.82, 2.24) is 5.16 Å². The van der Waals surface area contributed by atoms with Crippen LogP contribution in [-0.4, -0.2) is 25.3 Å². The molecule has 0 aliphatic rings. The monoisotopic (exact) mass is 311 g/mol. The Labute approximate surface area is 112 Å². The van der Waals surface area contributed by atoms with Gasteiger partial charge in [0.2, 0.25) is 0 Å². The summed E-state index contributed by atoms with van der Waals surface area (Å²) in [6.07, 6.45) is 0. The number of esters is 1. The van der Waals surface area contributed by atoms with Crippen molar-refractivity contribution in [3.63, 3.8) is 0 Å². The third kappa shape index (κ3) is 2.38. The van der Waals surface area contributed by atoms with Gasteiger partial charge in [-0.05, 0) is 18.2 Å². The Balaban J connectivity index is 2.42. The van der Waals surface area contributed by atoms with E-state index in [0.717, 1.165) is 4.47 Å². The lowest BCUT2D eigenvalue weighted by Gasteiger charge is -2.05. The molecule has 0 N–H and O–H groups in total. The summed E-state index contributed by atoms with van der Waals surface area (Å²) in [5, 5.41) is 3.64. The highest BCUT2D eigenvalue weighted by atomic mass is 79.9. The maximum absolute atomic E-state index is 11.3. The van der Waals surface area contributed by atoms with Gasteiger partial charge in [-0.1, -0.05) is 21.1 Å². The molecule has 0 unspecified atom stereocenters. The maximum atomic E-state index is 11.3. The predicted molar refractivity (Wildman–Crippen MR) is 67.5 cm³/mol. The summed E-state index contributed by atoms with van der Waals surface area (Å²) < 4.78 is 15.8. The van der Waals surface area contributed by atoms with Crippen LogP contribution in [0.3, 0.4) is 0 Å². The molecule has 0 aliphatic heterocycles. The maximum Gasteiger partial charge on any atom is 0.360 e. The van der Waals surface area contributed by atoms with Crippen LogP contribution in [0.5, 0.6) is 5.75 Å². The molecule has 0 fully saturated rings. The zero-order valence-corrected chi connectivity index (χ0v) is 11.4. The molecular formula is C12H10BrNO4. The van der Waals surface area contributed by atoms with Crippen LogP contribution in [0, 0.1) is 0 Å². The predicted octanol–water partition coefficient (Wildman–Crippen LogP) is 2.90. The van der Waals surface area contributed by atoms with E-state index in [2.05, 4.69) is 25.8 Å². The third-order valence-electron chi connectivity index (χ3n) is 2.33. The van der Waals surface area contributed by atoms with Gasteiger partial charge in [-0.2, -0.15) is 0 Å². The Kier molecular flexibility index (Phi) is 3.66. The number of nitrogens with zero attached hydrogens (tertiary/aromatic N) is 1. The quantitative estimate of drug-likeness (QED) is 0.816. The number of hydrogen-bond acceptors (Lipinski definition) is 5. The minimum absolute atomic E-state index is 0.123. The van der Waals surface area contributed by atoms with Gasteiger partial charge in [0.15, 0.2) is 11.5 Å². The van der Waals surface area contributed by atoms with E-state index in [4.69, 9.17) is 9.26 Å². The third-order valence-corrected chi connectivity index (χ3v) is 2.83.